The quantitative estimate of drug-likeness (QED) is 0.356. The molecule has 1 aliphatic heterocycles. The average molecular weight is 500 g/mol. The highest BCUT2D eigenvalue weighted by Crippen LogP contribution is 2.29. The predicted molar refractivity (Wildman–Crippen MR) is 138 cm³/mol. The number of nitrogens with one attached hydrogen (secondary N) is 1. The standard InChI is InChI=1S/C29H26FN3O4/c1-2-37-21-13-11-20(12-14-21)33-27(34)17-26(29(33)36)32(28(35)23-8-3-5-9-24(23)30)16-15-19-18-31-25-10-6-4-7-22(19)25/h3-14,18,26,31H,2,15-17H2,1H3. The van der Waals surface area contributed by atoms with Crippen LogP contribution in [-0.4, -0.2) is 46.8 Å². The van der Waals surface area contributed by atoms with Crippen molar-refractivity contribution in [2.45, 2.75) is 25.8 Å². The molecule has 188 valence electrons. The summed E-state index contributed by atoms with van der Waals surface area (Å²) in [5.41, 5.74) is 2.18. The first-order valence-corrected chi connectivity index (χ1v) is 12.2. The van der Waals surface area contributed by atoms with Crippen molar-refractivity contribution in [2.24, 2.45) is 0 Å². The van der Waals surface area contributed by atoms with Crippen LogP contribution in [0, 0.1) is 5.82 Å². The van der Waals surface area contributed by atoms with Crippen LogP contribution in [0.3, 0.4) is 0 Å². The van der Waals surface area contributed by atoms with Crippen molar-refractivity contribution < 1.29 is 23.5 Å². The molecule has 0 radical (unpaired) electrons. The Morgan fingerprint density at radius 2 is 1.78 bits per heavy atom. The van der Waals surface area contributed by atoms with E-state index in [1.165, 1.54) is 23.1 Å². The Balaban J connectivity index is 1.45. The maximum atomic E-state index is 14.6. The second-order valence-electron chi connectivity index (χ2n) is 8.80. The number of fused-ring (bicyclic) bond motifs is 1. The van der Waals surface area contributed by atoms with Gasteiger partial charge in [0.05, 0.1) is 24.3 Å². The normalized spacial score (nSPS) is 15.4. The highest BCUT2D eigenvalue weighted by atomic mass is 19.1. The van der Waals surface area contributed by atoms with Crippen LogP contribution >= 0.6 is 0 Å². The van der Waals surface area contributed by atoms with E-state index in [2.05, 4.69) is 4.98 Å². The van der Waals surface area contributed by atoms with Crippen molar-refractivity contribution in [1.29, 1.82) is 0 Å². The van der Waals surface area contributed by atoms with Gasteiger partial charge in [0.2, 0.25) is 5.91 Å². The second-order valence-corrected chi connectivity index (χ2v) is 8.80. The highest BCUT2D eigenvalue weighted by molar-refractivity contribution is 6.23. The number of carbonyl (C=O) groups excluding carboxylic acids is 3. The van der Waals surface area contributed by atoms with E-state index < -0.39 is 29.6 Å². The Morgan fingerprint density at radius 3 is 2.54 bits per heavy atom. The third kappa shape index (κ3) is 4.70. The summed E-state index contributed by atoms with van der Waals surface area (Å²) >= 11 is 0. The fourth-order valence-electron chi connectivity index (χ4n) is 4.76. The predicted octanol–water partition coefficient (Wildman–Crippen LogP) is 4.72. The summed E-state index contributed by atoms with van der Waals surface area (Å²) in [5.74, 6) is -1.62. The summed E-state index contributed by atoms with van der Waals surface area (Å²) < 4.78 is 20.0. The van der Waals surface area contributed by atoms with Gasteiger partial charge >= 0.3 is 0 Å². The first-order valence-electron chi connectivity index (χ1n) is 12.2. The van der Waals surface area contributed by atoms with Gasteiger partial charge in [-0.2, -0.15) is 0 Å². The lowest BCUT2D eigenvalue weighted by molar-refractivity contribution is -0.122. The van der Waals surface area contributed by atoms with Crippen LogP contribution in [0.1, 0.15) is 29.3 Å². The van der Waals surface area contributed by atoms with Crippen molar-refractivity contribution in [2.75, 3.05) is 18.1 Å². The maximum absolute atomic E-state index is 14.6. The van der Waals surface area contributed by atoms with E-state index in [0.29, 0.717) is 24.5 Å². The summed E-state index contributed by atoms with van der Waals surface area (Å²) in [6.45, 7) is 2.49. The van der Waals surface area contributed by atoms with Crippen molar-refractivity contribution in [3.05, 3.63) is 95.9 Å². The topological polar surface area (TPSA) is 82.7 Å². The molecule has 1 unspecified atom stereocenters. The van der Waals surface area contributed by atoms with E-state index in [4.69, 9.17) is 4.74 Å². The molecule has 7 nitrogen and oxygen atoms in total. The molecule has 37 heavy (non-hydrogen) atoms. The molecule has 1 N–H and O–H groups in total. The Kier molecular flexibility index (Phi) is 6.72. The summed E-state index contributed by atoms with van der Waals surface area (Å²) in [6, 6.07) is 19.1. The third-order valence-electron chi connectivity index (χ3n) is 6.57. The fourth-order valence-corrected chi connectivity index (χ4v) is 4.76. The van der Waals surface area contributed by atoms with Crippen molar-refractivity contribution >= 4 is 34.3 Å². The van der Waals surface area contributed by atoms with Crippen LogP contribution in [0.2, 0.25) is 0 Å². The van der Waals surface area contributed by atoms with E-state index >= 15 is 0 Å². The lowest BCUT2D eigenvalue weighted by atomic mass is 10.1. The molecule has 1 fully saturated rings. The van der Waals surface area contributed by atoms with E-state index in [0.717, 1.165) is 21.4 Å². The minimum Gasteiger partial charge on any atom is -0.494 e. The molecule has 0 saturated carbocycles. The van der Waals surface area contributed by atoms with Crippen molar-refractivity contribution in [1.82, 2.24) is 9.88 Å². The van der Waals surface area contributed by atoms with E-state index in [1.54, 1.807) is 30.3 Å². The number of ether oxygens (including phenoxy) is 1. The van der Waals surface area contributed by atoms with Crippen molar-refractivity contribution in [3.63, 3.8) is 0 Å². The number of anilines is 1. The molecule has 1 atom stereocenters. The second kappa shape index (κ2) is 10.3. The molecule has 1 aromatic heterocycles. The molecule has 0 bridgehead atoms. The van der Waals surface area contributed by atoms with E-state index in [-0.39, 0.29) is 18.5 Å². The first kappa shape index (κ1) is 24.2. The highest BCUT2D eigenvalue weighted by Gasteiger charge is 2.44. The molecule has 1 saturated heterocycles. The van der Waals surface area contributed by atoms with Gasteiger partial charge in [-0.3, -0.25) is 14.4 Å². The van der Waals surface area contributed by atoms with Gasteiger partial charge in [-0.1, -0.05) is 30.3 Å². The number of hydrogen-bond acceptors (Lipinski definition) is 4. The number of para-hydroxylation sites is 1. The number of rotatable bonds is 8. The summed E-state index contributed by atoms with van der Waals surface area (Å²) in [6.07, 6.45) is 2.11. The van der Waals surface area contributed by atoms with Gasteiger partial charge in [-0.05, 0) is 61.4 Å². The molecular weight excluding hydrogens is 473 g/mol. The number of hydrogen-bond donors (Lipinski definition) is 1. The van der Waals surface area contributed by atoms with Gasteiger partial charge < -0.3 is 14.6 Å². The van der Waals surface area contributed by atoms with E-state index in [1.807, 2.05) is 37.4 Å². The average Bonchev–Trinajstić information content (AvgIpc) is 3.45. The minimum absolute atomic E-state index is 0.135. The maximum Gasteiger partial charge on any atom is 0.257 e. The largest absolute Gasteiger partial charge is 0.494 e. The zero-order chi connectivity index (χ0) is 25.9. The van der Waals surface area contributed by atoms with Gasteiger partial charge in [0.25, 0.3) is 11.8 Å². The lowest BCUT2D eigenvalue weighted by Crippen LogP contribution is -2.46. The summed E-state index contributed by atoms with van der Waals surface area (Å²) in [4.78, 5) is 45.7. The Hall–Kier alpha value is -4.46. The number of halogens is 1. The number of aromatic amines is 1. The number of imide groups is 1. The Labute approximate surface area is 213 Å². The molecule has 4 aromatic rings. The third-order valence-corrected chi connectivity index (χ3v) is 6.57. The van der Waals surface area contributed by atoms with E-state index in [9.17, 15) is 18.8 Å². The number of carbonyl (C=O) groups is 3. The molecule has 3 aromatic carbocycles. The molecule has 5 rings (SSSR count). The summed E-state index contributed by atoms with van der Waals surface area (Å²) in [5, 5.41) is 1.01. The summed E-state index contributed by atoms with van der Waals surface area (Å²) in [7, 11) is 0. The van der Waals surface area contributed by atoms with Gasteiger partial charge in [-0.15, -0.1) is 0 Å². The lowest BCUT2D eigenvalue weighted by Gasteiger charge is -2.28. The smallest absolute Gasteiger partial charge is 0.257 e. The SMILES string of the molecule is CCOc1ccc(N2C(=O)CC(N(CCc3c[nH]c4ccccc34)C(=O)c3ccccc3F)C2=O)cc1. The van der Waals surface area contributed by atoms with Gasteiger partial charge in [0, 0.05) is 23.6 Å². The molecule has 2 heterocycles. The molecule has 0 aliphatic carbocycles. The van der Waals surface area contributed by atoms with Crippen LogP contribution < -0.4 is 9.64 Å². The molecule has 0 spiro atoms. The number of amides is 3. The molecular formula is C29H26FN3O4. The molecule has 1 aliphatic rings. The minimum atomic E-state index is -1.05. The zero-order valence-corrected chi connectivity index (χ0v) is 20.3. The molecule has 8 heteroatoms. The van der Waals surface area contributed by atoms with Crippen LogP contribution in [0.25, 0.3) is 10.9 Å². The number of nitrogens with zero attached hydrogens (tertiary/aromatic N) is 2. The van der Waals surface area contributed by atoms with Crippen LogP contribution in [0.4, 0.5) is 10.1 Å². The van der Waals surface area contributed by atoms with Crippen LogP contribution in [-0.2, 0) is 16.0 Å². The van der Waals surface area contributed by atoms with Crippen LogP contribution in [0.15, 0.2) is 79.0 Å². The number of benzene rings is 3. The van der Waals surface area contributed by atoms with Crippen LogP contribution in [0.5, 0.6) is 5.75 Å². The zero-order valence-electron chi connectivity index (χ0n) is 20.3. The van der Waals surface area contributed by atoms with Gasteiger partial charge in [-0.25, -0.2) is 9.29 Å². The number of H-pyrrole nitrogens is 1. The Morgan fingerprint density at radius 1 is 1.05 bits per heavy atom. The Bertz CT molecular complexity index is 1460. The van der Waals surface area contributed by atoms with Crippen molar-refractivity contribution in [3.8, 4) is 5.75 Å². The fraction of sp³-hybridized carbons (Fsp3) is 0.207. The van der Waals surface area contributed by atoms with Gasteiger partial charge in [0.15, 0.2) is 0 Å². The monoisotopic (exact) mass is 499 g/mol. The van der Waals surface area contributed by atoms with Gasteiger partial charge in [0.1, 0.15) is 17.6 Å². The molecule has 3 amide bonds. The number of aromatic nitrogens is 1. The first-order chi connectivity index (χ1) is 18.0.